The summed E-state index contributed by atoms with van der Waals surface area (Å²) < 4.78 is 31.4. The number of hydroxylamine groups is 1. The summed E-state index contributed by atoms with van der Waals surface area (Å²) in [6.45, 7) is 0.0351. The minimum absolute atomic E-state index is 0.0103. The minimum atomic E-state index is -0.795. The average Bonchev–Trinajstić information content (AvgIpc) is 3.03. The number of carbonyl (C=O) groups is 1. The van der Waals surface area contributed by atoms with Gasteiger partial charge in [-0.3, -0.25) is 9.63 Å². The van der Waals surface area contributed by atoms with E-state index in [2.05, 4.69) is 36.5 Å². The van der Waals surface area contributed by atoms with Crippen molar-refractivity contribution in [1.82, 2.24) is 15.0 Å². The topological polar surface area (TPSA) is 103 Å². The Kier molecular flexibility index (Phi) is 6.19. The monoisotopic (exact) mass is 455 g/mol. The number of hydrogen-bond acceptors (Lipinski definition) is 6. The van der Waals surface area contributed by atoms with Crippen molar-refractivity contribution in [3.05, 3.63) is 52.3 Å². The largest absolute Gasteiger partial charge is 0.350 e. The fraction of sp³-hybridized carbons (Fsp3) is 0.176. The molecule has 0 spiro atoms. The molecule has 3 aromatic rings. The molecule has 11 heteroatoms. The molecule has 1 aromatic heterocycles. The number of hydrogen-bond donors (Lipinski definition) is 3. The standard InChI is InChI=1S/C17H16BrF2N5O3/c1-25-8-22-16-13(25)7-10(17(26)24-28-5-4-27-21)15(14(16)20)23-12-3-2-9(18)6-11(12)19/h2-3,6-8,23H,4-5,21H2,1H3,(H,24,26). The number of nitrogens with zero attached hydrogens (tertiary/aromatic N) is 2. The Bertz CT molecular complexity index is 1030. The first-order chi connectivity index (χ1) is 13.4. The van der Waals surface area contributed by atoms with E-state index in [0.29, 0.717) is 9.99 Å². The Morgan fingerprint density at radius 2 is 2.11 bits per heavy atom. The first kappa shape index (κ1) is 20.1. The molecule has 3 rings (SSSR count). The molecule has 0 radical (unpaired) electrons. The van der Waals surface area contributed by atoms with Crippen molar-refractivity contribution in [2.45, 2.75) is 0 Å². The van der Waals surface area contributed by atoms with Crippen molar-refractivity contribution in [2.24, 2.45) is 12.9 Å². The van der Waals surface area contributed by atoms with Gasteiger partial charge in [-0.05, 0) is 24.3 Å². The molecular formula is C17H16BrF2N5O3. The van der Waals surface area contributed by atoms with Crippen LogP contribution < -0.4 is 16.7 Å². The number of fused-ring (bicyclic) bond motifs is 1. The summed E-state index contributed by atoms with van der Waals surface area (Å²) in [5, 5.41) is 2.64. The summed E-state index contributed by atoms with van der Waals surface area (Å²) in [7, 11) is 1.66. The lowest BCUT2D eigenvalue weighted by molar-refractivity contribution is -0.000878. The normalized spacial score (nSPS) is 11.0. The molecule has 0 aliphatic carbocycles. The summed E-state index contributed by atoms with van der Waals surface area (Å²) in [5.74, 6) is 2.72. The van der Waals surface area contributed by atoms with Gasteiger partial charge in [-0.25, -0.2) is 25.1 Å². The highest BCUT2D eigenvalue weighted by atomic mass is 79.9. The highest BCUT2D eigenvalue weighted by molar-refractivity contribution is 9.10. The first-order valence-corrected chi connectivity index (χ1v) is 8.81. The molecule has 0 unspecified atom stereocenters. The van der Waals surface area contributed by atoms with Gasteiger partial charge in [-0.1, -0.05) is 15.9 Å². The highest BCUT2D eigenvalue weighted by Crippen LogP contribution is 2.32. The van der Waals surface area contributed by atoms with E-state index in [9.17, 15) is 9.18 Å². The molecule has 0 bridgehead atoms. The van der Waals surface area contributed by atoms with Crippen molar-refractivity contribution < 1.29 is 23.3 Å². The Morgan fingerprint density at radius 1 is 1.32 bits per heavy atom. The van der Waals surface area contributed by atoms with Crippen LogP contribution in [0.4, 0.5) is 20.2 Å². The number of aryl methyl sites for hydroxylation is 1. The molecule has 0 fully saturated rings. The number of imidazole rings is 1. The van der Waals surface area contributed by atoms with Gasteiger partial charge in [0, 0.05) is 11.5 Å². The van der Waals surface area contributed by atoms with Crippen LogP contribution in [0, 0.1) is 11.6 Å². The lowest BCUT2D eigenvalue weighted by Gasteiger charge is -2.15. The molecule has 8 nitrogen and oxygen atoms in total. The maximum atomic E-state index is 15.1. The van der Waals surface area contributed by atoms with E-state index in [1.165, 1.54) is 24.5 Å². The molecule has 28 heavy (non-hydrogen) atoms. The summed E-state index contributed by atoms with van der Waals surface area (Å²) in [5.41, 5.74) is 2.26. The molecule has 1 amide bonds. The molecular weight excluding hydrogens is 440 g/mol. The molecule has 0 atom stereocenters. The predicted molar refractivity (Wildman–Crippen MR) is 102 cm³/mol. The van der Waals surface area contributed by atoms with Crippen LogP contribution in [0.1, 0.15) is 10.4 Å². The molecule has 0 saturated carbocycles. The van der Waals surface area contributed by atoms with Crippen molar-refractivity contribution in [3.8, 4) is 0 Å². The van der Waals surface area contributed by atoms with E-state index >= 15 is 4.39 Å². The van der Waals surface area contributed by atoms with Crippen LogP contribution in [-0.4, -0.2) is 28.7 Å². The van der Waals surface area contributed by atoms with Crippen LogP contribution in [0.15, 0.2) is 35.1 Å². The number of anilines is 2. The van der Waals surface area contributed by atoms with Crippen LogP contribution in [-0.2, 0) is 16.7 Å². The van der Waals surface area contributed by atoms with E-state index < -0.39 is 17.5 Å². The summed E-state index contributed by atoms with van der Waals surface area (Å²) >= 11 is 3.16. The SMILES string of the molecule is Cn1cnc2c(F)c(Nc3ccc(Br)cc3F)c(C(=O)NOCCON)cc21. The van der Waals surface area contributed by atoms with Crippen LogP contribution in [0.25, 0.3) is 11.0 Å². The number of aromatic nitrogens is 2. The van der Waals surface area contributed by atoms with Gasteiger partial charge >= 0.3 is 0 Å². The molecule has 1 heterocycles. The zero-order valence-electron chi connectivity index (χ0n) is 14.6. The third-order valence-electron chi connectivity index (χ3n) is 3.86. The number of rotatable bonds is 7. The van der Waals surface area contributed by atoms with Crippen LogP contribution in [0.3, 0.4) is 0 Å². The minimum Gasteiger partial charge on any atom is -0.350 e. The highest BCUT2D eigenvalue weighted by Gasteiger charge is 2.22. The van der Waals surface area contributed by atoms with Crippen molar-refractivity contribution in [1.29, 1.82) is 0 Å². The zero-order chi connectivity index (χ0) is 20.3. The summed E-state index contributed by atoms with van der Waals surface area (Å²) in [6, 6.07) is 5.65. The van der Waals surface area contributed by atoms with Crippen molar-refractivity contribution in [3.63, 3.8) is 0 Å². The molecule has 2 aromatic carbocycles. The van der Waals surface area contributed by atoms with E-state index in [0.717, 1.165) is 0 Å². The second-order valence-electron chi connectivity index (χ2n) is 5.74. The van der Waals surface area contributed by atoms with E-state index in [-0.39, 0.29) is 35.7 Å². The van der Waals surface area contributed by atoms with Gasteiger partial charge in [0.1, 0.15) is 17.9 Å². The second-order valence-corrected chi connectivity index (χ2v) is 6.65. The molecule has 4 N–H and O–H groups in total. The number of halogens is 3. The Morgan fingerprint density at radius 3 is 2.82 bits per heavy atom. The van der Waals surface area contributed by atoms with Gasteiger partial charge in [-0.15, -0.1) is 0 Å². The molecule has 0 saturated heterocycles. The predicted octanol–water partition coefficient (Wildman–Crippen LogP) is 2.91. The number of nitrogens with two attached hydrogens (primary N) is 1. The fourth-order valence-electron chi connectivity index (χ4n) is 2.51. The number of amides is 1. The lowest BCUT2D eigenvalue weighted by Crippen LogP contribution is -2.27. The van der Waals surface area contributed by atoms with E-state index in [4.69, 9.17) is 10.7 Å². The molecule has 0 aliphatic heterocycles. The maximum absolute atomic E-state index is 15.1. The van der Waals surface area contributed by atoms with Gasteiger partial charge in [0.05, 0.1) is 35.4 Å². The number of benzene rings is 2. The third kappa shape index (κ3) is 4.12. The van der Waals surface area contributed by atoms with Gasteiger partial charge in [0.2, 0.25) is 0 Å². The lowest BCUT2D eigenvalue weighted by atomic mass is 10.1. The average molecular weight is 456 g/mol. The second kappa shape index (κ2) is 8.61. The molecule has 0 aliphatic rings. The van der Waals surface area contributed by atoms with Gasteiger partial charge in [0.15, 0.2) is 5.82 Å². The van der Waals surface area contributed by atoms with Gasteiger partial charge in [-0.2, -0.15) is 0 Å². The smallest absolute Gasteiger partial charge is 0.277 e. The Labute approximate surface area is 166 Å². The summed E-state index contributed by atoms with van der Waals surface area (Å²) in [6.07, 6.45) is 1.41. The van der Waals surface area contributed by atoms with Crippen molar-refractivity contribution >= 4 is 44.2 Å². The maximum Gasteiger partial charge on any atom is 0.277 e. The molecule has 148 valence electrons. The van der Waals surface area contributed by atoms with Crippen LogP contribution >= 0.6 is 15.9 Å². The number of carbonyl (C=O) groups excluding carboxylic acids is 1. The van der Waals surface area contributed by atoms with Gasteiger partial charge in [0.25, 0.3) is 5.91 Å². The fourth-order valence-corrected chi connectivity index (χ4v) is 2.85. The third-order valence-corrected chi connectivity index (χ3v) is 4.36. The van der Waals surface area contributed by atoms with Gasteiger partial charge < -0.3 is 14.7 Å². The van der Waals surface area contributed by atoms with E-state index in [1.54, 1.807) is 17.7 Å². The van der Waals surface area contributed by atoms with Crippen LogP contribution in [0.2, 0.25) is 0 Å². The number of nitrogens with one attached hydrogen (secondary N) is 2. The zero-order valence-corrected chi connectivity index (χ0v) is 16.2. The Hall–Kier alpha value is -2.60. The summed E-state index contributed by atoms with van der Waals surface area (Å²) in [4.78, 5) is 25.8. The Balaban J connectivity index is 2.03. The van der Waals surface area contributed by atoms with Crippen molar-refractivity contribution in [2.75, 3.05) is 18.5 Å². The van der Waals surface area contributed by atoms with Crippen LogP contribution in [0.5, 0.6) is 0 Å². The first-order valence-electron chi connectivity index (χ1n) is 8.01. The quantitative estimate of drug-likeness (QED) is 0.373. The van der Waals surface area contributed by atoms with E-state index in [1.807, 2.05) is 0 Å².